The van der Waals surface area contributed by atoms with Crippen LogP contribution >= 0.6 is 11.3 Å². The third-order valence-corrected chi connectivity index (χ3v) is 7.21. The maximum atomic E-state index is 5.67. The van der Waals surface area contributed by atoms with Gasteiger partial charge in [0.1, 0.15) is 0 Å². The molecule has 5 nitrogen and oxygen atoms in total. The first kappa shape index (κ1) is 22.8. The highest BCUT2D eigenvalue weighted by atomic mass is 32.1. The van der Waals surface area contributed by atoms with E-state index in [-0.39, 0.29) is 17.0 Å². The molecule has 0 amide bonds. The van der Waals surface area contributed by atoms with E-state index in [1.54, 1.807) is 11.3 Å². The van der Waals surface area contributed by atoms with E-state index in [9.17, 15) is 0 Å². The molecule has 1 fully saturated rings. The van der Waals surface area contributed by atoms with Crippen molar-refractivity contribution in [1.82, 2.24) is 16.0 Å². The van der Waals surface area contributed by atoms with Crippen LogP contribution in [0.1, 0.15) is 50.1 Å². The quantitative estimate of drug-likeness (QED) is 0.438. The molecular formula is C24H36N4OS. The lowest BCUT2D eigenvalue weighted by Crippen LogP contribution is -2.58. The number of benzene rings is 1. The summed E-state index contributed by atoms with van der Waals surface area (Å²) in [5, 5.41) is 13.1. The summed E-state index contributed by atoms with van der Waals surface area (Å²) in [4.78, 5) is 5.84. The molecule has 1 atom stereocenters. The average Bonchev–Trinajstić information content (AvgIpc) is 3.31. The molecule has 0 radical (unpaired) electrons. The van der Waals surface area contributed by atoms with Gasteiger partial charge in [-0.3, -0.25) is 4.99 Å². The Morgan fingerprint density at radius 2 is 1.87 bits per heavy atom. The molecule has 1 aromatic carbocycles. The van der Waals surface area contributed by atoms with Crippen molar-refractivity contribution in [2.24, 2.45) is 4.99 Å². The summed E-state index contributed by atoms with van der Waals surface area (Å²) in [5.41, 5.74) is 1.35. The number of nitrogens with one attached hydrogen (secondary N) is 3. The number of thiophene rings is 1. The summed E-state index contributed by atoms with van der Waals surface area (Å²) >= 11 is 1.81. The van der Waals surface area contributed by atoms with E-state index in [0.29, 0.717) is 0 Å². The molecule has 1 saturated heterocycles. The Hall–Kier alpha value is -1.89. The Kier molecular flexibility index (Phi) is 7.92. The second kappa shape index (κ2) is 10.4. The first-order valence-corrected chi connectivity index (χ1v) is 11.7. The van der Waals surface area contributed by atoms with Crippen molar-refractivity contribution in [3.63, 3.8) is 0 Å². The van der Waals surface area contributed by atoms with Crippen molar-refractivity contribution in [1.29, 1.82) is 0 Å². The number of guanidine groups is 1. The van der Waals surface area contributed by atoms with E-state index in [4.69, 9.17) is 4.74 Å². The summed E-state index contributed by atoms with van der Waals surface area (Å²) in [5.74, 6) is 0.847. The van der Waals surface area contributed by atoms with Crippen LogP contribution < -0.4 is 16.0 Å². The van der Waals surface area contributed by atoms with E-state index in [1.165, 1.54) is 10.4 Å². The van der Waals surface area contributed by atoms with Crippen LogP contribution in [-0.2, 0) is 10.2 Å². The van der Waals surface area contributed by atoms with Gasteiger partial charge in [0.25, 0.3) is 0 Å². The van der Waals surface area contributed by atoms with Crippen molar-refractivity contribution >= 4 is 17.3 Å². The van der Waals surface area contributed by atoms with Gasteiger partial charge in [0.2, 0.25) is 0 Å². The summed E-state index contributed by atoms with van der Waals surface area (Å²) in [6.45, 7) is 9.98. The Labute approximate surface area is 185 Å². The standard InChI is InChI=1S/C24H36N4OS/c1-19(20-9-6-5-7-10-20)28-24(12-14-29-15-13-24)18-27-22(25-4)26-17-23(2,3)21-11-8-16-30-21/h5-11,16,19,28H,12-15,17-18H2,1-4H3,(H2,25,26,27). The highest BCUT2D eigenvalue weighted by Gasteiger charge is 2.34. The molecule has 0 spiro atoms. The lowest BCUT2D eigenvalue weighted by atomic mass is 9.88. The monoisotopic (exact) mass is 428 g/mol. The van der Waals surface area contributed by atoms with Crippen LogP contribution in [0.5, 0.6) is 0 Å². The topological polar surface area (TPSA) is 57.7 Å². The molecule has 6 heteroatoms. The number of aliphatic imine (C=N–C) groups is 1. The molecule has 3 N–H and O–H groups in total. The Bertz CT molecular complexity index is 783. The fourth-order valence-corrected chi connectivity index (χ4v) is 4.80. The summed E-state index contributed by atoms with van der Waals surface area (Å²) in [6, 6.07) is 15.2. The molecule has 0 bridgehead atoms. The largest absolute Gasteiger partial charge is 0.381 e. The second-order valence-corrected chi connectivity index (χ2v) is 9.76. The summed E-state index contributed by atoms with van der Waals surface area (Å²) < 4.78 is 5.67. The zero-order chi connectivity index (χ0) is 21.5. The number of hydrogen-bond donors (Lipinski definition) is 3. The zero-order valence-electron chi connectivity index (χ0n) is 18.7. The van der Waals surface area contributed by atoms with Crippen LogP contribution in [-0.4, -0.2) is 44.8 Å². The van der Waals surface area contributed by atoms with Gasteiger partial charge in [-0.25, -0.2) is 0 Å². The third-order valence-electron chi connectivity index (χ3n) is 5.98. The van der Waals surface area contributed by atoms with Crippen molar-refractivity contribution in [3.8, 4) is 0 Å². The molecule has 1 aliphatic heterocycles. The first-order chi connectivity index (χ1) is 14.4. The molecule has 3 rings (SSSR count). The molecule has 164 valence electrons. The van der Waals surface area contributed by atoms with Crippen LogP contribution in [0.3, 0.4) is 0 Å². The molecule has 2 aromatic rings. The lowest BCUT2D eigenvalue weighted by Gasteiger charge is -2.41. The second-order valence-electron chi connectivity index (χ2n) is 8.81. The fraction of sp³-hybridized carbons (Fsp3) is 0.542. The molecular weight excluding hydrogens is 392 g/mol. The summed E-state index contributed by atoms with van der Waals surface area (Å²) in [6.07, 6.45) is 1.96. The minimum absolute atomic E-state index is 0.0194. The van der Waals surface area contributed by atoms with Crippen LogP contribution in [0.15, 0.2) is 52.8 Å². The number of nitrogens with zero attached hydrogens (tertiary/aromatic N) is 1. The van der Waals surface area contributed by atoms with Gasteiger partial charge in [-0.05, 0) is 36.8 Å². The smallest absolute Gasteiger partial charge is 0.191 e. The van der Waals surface area contributed by atoms with Crippen molar-refractivity contribution in [3.05, 3.63) is 58.3 Å². The zero-order valence-corrected chi connectivity index (χ0v) is 19.5. The lowest BCUT2D eigenvalue weighted by molar-refractivity contribution is 0.0355. The number of rotatable bonds is 8. The van der Waals surface area contributed by atoms with E-state index in [1.807, 2.05) is 7.05 Å². The van der Waals surface area contributed by atoms with Gasteiger partial charge in [0.15, 0.2) is 5.96 Å². The fourth-order valence-electron chi connectivity index (χ4n) is 3.95. The van der Waals surface area contributed by atoms with Gasteiger partial charge < -0.3 is 20.7 Å². The molecule has 0 saturated carbocycles. The Morgan fingerprint density at radius 1 is 1.13 bits per heavy atom. The predicted molar refractivity (Wildman–Crippen MR) is 127 cm³/mol. The van der Waals surface area contributed by atoms with Gasteiger partial charge in [-0.2, -0.15) is 0 Å². The third kappa shape index (κ3) is 6.06. The number of ether oxygens (including phenoxy) is 1. The van der Waals surface area contributed by atoms with Gasteiger partial charge in [-0.15, -0.1) is 11.3 Å². The molecule has 2 heterocycles. The van der Waals surface area contributed by atoms with E-state index < -0.39 is 0 Å². The van der Waals surface area contributed by atoms with Gasteiger partial charge in [0.05, 0.1) is 0 Å². The van der Waals surface area contributed by atoms with Crippen molar-refractivity contribution in [2.45, 2.75) is 50.6 Å². The number of hydrogen-bond acceptors (Lipinski definition) is 4. The Morgan fingerprint density at radius 3 is 2.50 bits per heavy atom. The van der Waals surface area contributed by atoms with E-state index >= 15 is 0 Å². The highest BCUT2D eigenvalue weighted by Crippen LogP contribution is 2.27. The van der Waals surface area contributed by atoms with Crippen molar-refractivity contribution < 1.29 is 4.74 Å². The van der Waals surface area contributed by atoms with Crippen LogP contribution in [0, 0.1) is 0 Å². The normalized spacial score (nSPS) is 18.1. The minimum atomic E-state index is -0.0194. The van der Waals surface area contributed by atoms with Crippen molar-refractivity contribution in [2.75, 3.05) is 33.4 Å². The SMILES string of the molecule is CN=C(NCC1(NC(C)c2ccccc2)CCOCC1)NCC(C)(C)c1cccs1. The molecule has 0 aliphatic carbocycles. The average molecular weight is 429 g/mol. The molecule has 1 aromatic heterocycles. The van der Waals surface area contributed by atoms with Gasteiger partial charge >= 0.3 is 0 Å². The van der Waals surface area contributed by atoms with E-state index in [2.05, 4.69) is 89.6 Å². The maximum absolute atomic E-state index is 5.67. The van der Waals surface area contributed by atoms with Crippen LogP contribution in [0.25, 0.3) is 0 Å². The molecule has 1 aliphatic rings. The summed E-state index contributed by atoms with van der Waals surface area (Å²) in [7, 11) is 1.84. The van der Waals surface area contributed by atoms with Gasteiger partial charge in [0, 0.05) is 55.2 Å². The van der Waals surface area contributed by atoms with E-state index in [0.717, 1.165) is 45.1 Å². The predicted octanol–water partition coefficient (Wildman–Crippen LogP) is 4.09. The Balaban J connectivity index is 1.60. The maximum Gasteiger partial charge on any atom is 0.191 e. The first-order valence-electron chi connectivity index (χ1n) is 10.8. The van der Waals surface area contributed by atoms with Crippen LogP contribution in [0.4, 0.5) is 0 Å². The van der Waals surface area contributed by atoms with Crippen LogP contribution in [0.2, 0.25) is 0 Å². The molecule has 1 unspecified atom stereocenters. The minimum Gasteiger partial charge on any atom is -0.381 e. The van der Waals surface area contributed by atoms with Gasteiger partial charge in [-0.1, -0.05) is 50.2 Å². The highest BCUT2D eigenvalue weighted by molar-refractivity contribution is 7.10. The molecule has 30 heavy (non-hydrogen) atoms.